The van der Waals surface area contributed by atoms with Crippen LogP contribution in [0.25, 0.3) is 0 Å². The van der Waals surface area contributed by atoms with E-state index in [1.807, 2.05) is 0 Å². The van der Waals surface area contributed by atoms with Gasteiger partial charge in [-0.15, -0.1) is 0 Å². The van der Waals surface area contributed by atoms with Gasteiger partial charge in [-0.1, -0.05) is 18.9 Å². The summed E-state index contributed by atoms with van der Waals surface area (Å²) in [7, 11) is 2.38. The third-order valence-electron chi connectivity index (χ3n) is 7.87. The van der Waals surface area contributed by atoms with Gasteiger partial charge in [0.25, 0.3) is 0 Å². The lowest BCUT2D eigenvalue weighted by atomic mass is 9.52. The van der Waals surface area contributed by atoms with Crippen LogP contribution < -0.4 is 4.90 Å². The van der Waals surface area contributed by atoms with Gasteiger partial charge in [-0.25, -0.2) is 0 Å². The zero-order valence-corrected chi connectivity index (χ0v) is 15.5. The number of fused-ring (bicyclic) bond motifs is 1. The smallest absolute Gasteiger partial charge is 0.0398 e. The topological polar surface area (TPSA) is 6.48 Å². The normalized spacial score (nSPS) is 35.7. The van der Waals surface area contributed by atoms with E-state index >= 15 is 0 Å². The highest BCUT2D eigenvalue weighted by Gasteiger charge is 2.53. The molecule has 0 aromatic heterocycles. The molecule has 0 spiro atoms. The largest absolute Gasteiger partial charge is 0.371 e. The molecule has 0 N–H and O–H groups in total. The molecule has 2 aliphatic heterocycles. The van der Waals surface area contributed by atoms with E-state index in [0.29, 0.717) is 5.41 Å². The molecule has 24 heavy (non-hydrogen) atoms. The maximum absolute atomic E-state index is 2.69. The van der Waals surface area contributed by atoms with E-state index in [2.05, 4.69) is 35.9 Å². The van der Waals surface area contributed by atoms with Crippen molar-refractivity contribution in [3.05, 3.63) is 28.8 Å². The van der Waals surface area contributed by atoms with Crippen molar-refractivity contribution in [2.75, 3.05) is 31.6 Å². The summed E-state index contributed by atoms with van der Waals surface area (Å²) in [4.78, 5) is 5.33. The Hall–Kier alpha value is -1.02. The van der Waals surface area contributed by atoms with Gasteiger partial charge in [0.1, 0.15) is 0 Å². The third kappa shape index (κ3) is 2.05. The highest BCUT2D eigenvalue weighted by molar-refractivity contribution is 5.60. The minimum atomic E-state index is 0.511. The second-order valence-corrected chi connectivity index (χ2v) is 9.00. The Balaban J connectivity index is 1.63. The van der Waals surface area contributed by atoms with Crippen LogP contribution >= 0.6 is 0 Å². The highest BCUT2D eigenvalue weighted by Crippen LogP contribution is 2.56. The maximum Gasteiger partial charge on any atom is 0.0398 e. The lowest BCUT2D eigenvalue weighted by molar-refractivity contribution is 0.00285. The monoisotopic (exact) mass is 324 g/mol. The summed E-state index contributed by atoms with van der Waals surface area (Å²) in [6.07, 6.45) is 11.2. The van der Waals surface area contributed by atoms with Gasteiger partial charge in [0.15, 0.2) is 0 Å². The highest BCUT2D eigenvalue weighted by atomic mass is 15.2. The van der Waals surface area contributed by atoms with E-state index < -0.39 is 0 Å². The number of benzene rings is 1. The molecule has 3 atom stereocenters. The molecule has 2 heteroatoms. The summed E-state index contributed by atoms with van der Waals surface area (Å²) in [6, 6.07) is 6.03. The molecule has 2 nitrogen and oxygen atoms in total. The molecule has 1 aromatic rings. The molecule has 0 amide bonds. The van der Waals surface area contributed by atoms with Gasteiger partial charge in [0.2, 0.25) is 0 Å². The van der Waals surface area contributed by atoms with Crippen LogP contribution in [0.5, 0.6) is 0 Å². The lowest BCUT2D eigenvalue weighted by Gasteiger charge is -2.58. The summed E-state index contributed by atoms with van der Waals surface area (Å²) in [5.41, 5.74) is 7.04. The summed E-state index contributed by atoms with van der Waals surface area (Å²) in [5, 5.41) is 0. The predicted octanol–water partition coefficient (Wildman–Crippen LogP) is 4.28. The van der Waals surface area contributed by atoms with Crippen LogP contribution in [0.15, 0.2) is 12.1 Å². The van der Waals surface area contributed by atoms with E-state index in [0.717, 1.165) is 12.0 Å². The van der Waals surface area contributed by atoms with E-state index in [1.165, 1.54) is 82.3 Å². The average Bonchev–Trinajstić information content (AvgIpc) is 3.12. The molecule has 2 bridgehead atoms. The number of likely N-dealkylation sites (N-methyl/N-ethyl adjacent to an activating group) is 1. The summed E-state index contributed by atoms with van der Waals surface area (Å²) in [6.45, 7) is 6.18. The molecule has 1 aromatic carbocycles. The molecule has 5 rings (SSSR count). The molecule has 2 aliphatic carbocycles. The van der Waals surface area contributed by atoms with Gasteiger partial charge in [-0.2, -0.15) is 0 Å². The Kier molecular flexibility index (Phi) is 3.49. The number of rotatable bonds is 1. The van der Waals surface area contributed by atoms with Crippen LogP contribution in [-0.4, -0.2) is 37.6 Å². The third-order valence-corrected chi connectivity index (χ3v) is 7.87. The fourth-order valence-corrected chi connectivity index (χ4v) is 6.65. The SMILES string of the molecule is Cc1cc2c(cc1N1CCCC1)C[C@H]1[C@H]3CCCC[C@@]23CCN1C. The van der Waals surface area contributed by atoms with Gasteiger partial charge >= 0.3 is 0 Å². The number of anilines is 1. The van der Waals surface area contributed by atoms with Gasteiger partial charge < -0.3 is 9.80 Å². The Bertz CT molecular complexity index is 646. The second kappa shape index (κ2) is 5.49. The van der Waals surface area contributed by atoms with Crippen LogP contribution in [0.3, 0.4) is 0 Å². The van der Waals surface area contributed by atoms with Crippen molar-refractivity contribution in [2.24, 2.45) is 5.92 Å². The zero-order valence-electron chi connectivity index (χ0n) is 15.5. The molecule has 0 radical (unpaired) electrons. The van der Waals surface area contributed by atoms with Crippen molar-refractivity contribution in [1.29, 1.82) is 0 Å². The van der Waals surface area contributed by atoms with Crippen molar-refractivity contribution in [1.82, 2.24) is 4.90 Å². The molecule has 2 saturated heterocycles. The first-order valence-corrected chi connectivity index (χ1v) is 10.3. The van der Waals surface area contributed by atoms with E-state index in [9.17, 15) is 0 Å². The predicted molar refractivity (Wildman–Crippen MR) is 101 cm³/mol. The van der Waals surface area contributed by atoms with Gasteiger partial charge in [-0.3, -0.25) is 0 Å². The summed E-state index contributed by atoms with van der Waals surface area (Å²) >= 11 is 0. The molecule has 0 unspecified atom stereocenters. The molecule has 2 heterocycles. The summed E-state index contributed by atoms with van der Waals surface area (Å²) < 4.78 is 0. The Morgan fingerprint density at radius 3 is 2.67 bits per heavy atom. The zero-order chi connectivity index (χ0) is 16.3. The first-order valence-electron chi connectivity index (χ1n) is 10.3. The van der Waals surface area contributed by atoms with Crippen LogP contribution in [-0.2, 0) is 11.8 Å². The number of hydrogen-bond donors (Lipinski definition) is 0. The fraction of sp³-hybridized carbons (Fsp3) is 0.727. The number of nitrogens with zero attached hydrogens (tertiary/aromatic N) is 2. The quantitative estimate of drug-likeness (QED) is 0.760. The van der Waals surface area contributed by atoms with Crippen LogP contribution in [0.2, 0.25) is 0 Å². The van der Waals surface area contributed by atoms with Crippen LogP contribution in [0, 0.1) is 12.8 Å². The number of hydrogen-bond acceptors (Lipinski definition) is 2. The lowest BCUT2D eigenvalue weighted by Crippen LogP contribution is -2.59. The molecule has 3 fully saturated rings. The van der Waals surface area contributed by atoms with Crippen LogP contribution in [0.4, 0.5) is 5.69 Å². The first-order chi connectivity index (χ1) is 11.7. The average molecular weight is 325 g/mol. The molecule has 4 aliphatic rings. The fourth-order valence-electron chi connectivity index (χ4n) is 6.65. The van der Waals surface area contributed by atoms with Crippen molar-refractivity contribution < 1.29 is 0 Å². The number of likely N-dealkylation sites (tertiary alicyclic amines) is 1. The van der Waals surface area contributed by atoms with Crippen LogP contribution in [0.1, 0.15) is 61.6 Å². The Labute approximate surface area is 147 Å². The van der Waals surface area contributed by atoms with Crippen molar-refractivity contribution in [3.8, 4) is 0 Å². The molecular formula is C22H32N2. The van der Waals surface area contributed by atoms with E-state index in [4.69, 9.17) is 0 Å². The molecular weight excluding hydrogens is 292 g/mol. The second-order valence-electron chi connectivity index (χ2n) is 9.00. The number of aryl methyl sites for hydroxylation is 1. The summed E-state index contributed by atoms with van der Waals surface area (Å²) in [5.74, 6) is 0.912. The van der Waals surface area contributed by atoms with Gasteiger partial charge in [-0.05, 0) is 87.7 Å². The van der Waals surface area contributed by atoms with Crippen molar-refractivity contribution in [2.45, 2.75) is 69.7 Å². The molecule has 130 valence electrons. The standard InChI is InChI=1S/C22H32N2/c1-16-13-19-17(14-20(16)24-10-5-6-11-24)15-21-18-7-3-4-8-22(18,19)9-12-23(21)2/h13-14,18,21H,3-12,15H2,1-2H3/t18-,21+,22+/m1/s1. The Morgan fingerprint density at radius 1 is 1.00 bits per heavy atom. The van der Waals surface area contributed by atoms with Gasteiger partial charge in [0, 0.05) is 30.2 Å². The van der Waals surface area contributed by atoms with E-state index in [-0.39, 0.29) is 0 Å². The number of piperidine rings is 1. The molecule has 1 saturated carbocycles. The van der Waals surface area contributed by atoms with E-state index in [1.54, 1.807) is 11.1 Å². The van der Waals surface area contributed by atoms with Gasteiger partial charge in [0.05, 0.1) is 0 Å². The Morgan fingerprint density at radius 2 is 1.83 bits per heavy atom. The minimum absolute atomic E-state index is 0.511. The maximum atomic E-state index is 2.69. The van der Waals surface area contributed by atoms with Crippen molar-refractivity contribution >= 4 is 5.69 Å². The first kappa shape index (κ1) is 15.3. The minimum Gasteiger partial charge on any atom is -0.371 e. The van der Waals surface area contributed by atoms with Crippen molar-refractivity contribution in [3.63, 3.8) is 0 Å².